The van der Waals surface area contributed by atoms with Crippen molar-refractivity contribution in [3.8, 4) is 17.2 Å². The van der Waals surface area contributed by atoms with Gasteiger partial charge in [0, 0.05) is 32.7 Å². The van der Waals surface area contributed by atoms with Crippen molar-refractivity contribution in [1.29, 1.82) is 0 Å². The maximum Gasteiger partial charge on any atom is 0.234 e. The Kier molecular flexibility index (Phi) is 6.40. The third-order valence-electron chi connectivity index (χ3n) is 5.67. The third-order valence-corrected chi connectivity index (χ3v) is 5.67. The molecule has 7 heteroatoms. The van der Waals surface area contributed by atoms with Crippen molar-refractivity contribution in [3.63, 3.8) is 0 Å². The van der Waals surface area contributed by atoms with E-state index >= 15 is 0 Å². The fourth-order valence-electron chi connectivity index (χ4n) is 3.85. The lowest BCUT2D eigenvalue weighted by Gasteiger charge is -2.34. The molecule has 2 aromatic rings. The molecule has 4 rings (SSSR count). The van der Waals surface area contributed by atoms with E-state index in [1.165, 1.54) is 5.56 Å². The zero-order valence-electron chi connectivity index (χ0n) is 17.6. The third kappa shape index (κ3) is 5.04. The molecule has 2 aromatic carbocycles. The number of carbonyl (C=O) groups excluding carboxylic acids is 1. The average Bonchev–Trinajstić information content (AvgIpc) is 3.23. The number of nitrogens with one attached hydrogen (secondary N) is 1. The molecular formula is C23H29N3O4. The van der Waals surface area contributed by atoms with E-state index < -0.39 is 0 Å². The lowest BCUT2D eigenvalue weighted by atomic mass is 10.1. The first-order valence-corrected chi connectivity index (χ1v) is 10.4. The number of amides is 1. The monoisotopic (exact) mass is 411 g/mol. The van der Waals surface area contributed by atoms with E-state index in [0.717, 1.165) is 55.5 Å². The molecule has 1 amide bonds. The van der Waals surface area contributed by atoms with Crippen LogP contribution in [0.5, 0.6) is 17.2 Å². The molecule has 0 aliphatic carbocycles. The minimum absolute atomic E-state index is 0.0452. The molecule has 2 heterocycles. The summed E-state index contributed by atoms with van der Waals surface area (Å²) in [6, 6.07) is 13.9. The molecular weight excluding hydrogens is 382 g/mol. The van der Waals surface area contributed by atoms with Gasteiger partial charge in [-0.25, -0.2) is 0 Å². The minimum atomic E-state index is -0.0802. The standard InChI is InChI=1S/C23H29N3O4/c1-17(19-5-8-21-22(13-19)30-16-29-21)24-23(27)15-26-11-9-25(10-12-26)14-18-3-6-20(28-2)7-4-18/h3-8,13,17H,9-12,14-16H2,1-2H3,(H,24,27)/t17-/m1/s1. The molecule has 1 N–H and O–H groups in total. The van der Waals surface area contributed by atoms with E-state index in [0.29, 0.717) is 6.54 Å². The van der Waals surface area contributed by atoms with E-state index in [9.17, 15) is 4.79 Å². The molecule has 2 aliphatic rings. The van der Waals surface area contributed by atoms with Crippen LogP contribution < -0.4 is 19.5 Å². The van der Waals surface area contributed by atoms with E-state index in [1.54, 1.807) is 7.11 Å². The fraction of sp³-hybridized carbons (Fsp3) is 0.435. The minimum Gasteiger partial charge on any atom is -0.497 e. The van der Waals surface area contributed by atoms with Gasteiger partial charge in [-0.05, 0) is 42.3 Å². The van der Waals surface area contributed by atoms with Crippen LogP contribution in [0.1, 0.15) is 24.1 Å². The van der Waals surface area contributed by atoms with Crippen LogP contribution in [0, 0.1) is 0 Å². The number of carbonyl (C=O) groups is 1. The highest BCUT2D eigenvalue weighted by Gasteiger charge is 2.21. The number of hydrogen-bond donors (Lipinski definition) is 1. The molecule has 0 radical (unpaired) electrons. The Morgan fingerprint density at radius 3 is 2.47 bits per heavy atom. The number of fused-ring (bicyclic) bond motifs is 1. The molecule has 0 bridgehead atoms. The van der Waals surface area contributed by atoms with Crippen LogP contribution in [0.25, 0.3) is 0 Å². The number of nitrogens with zero attached hydrogens (tertiary/aromatic N) is 2. The Morgan fingerprint density at radius 2 is 1.73 bits per heavy atom. The maximum atomic E-state index is 12.5. The van der Waals surface area contributed by atoms with Crippen LogP contribution in [-0.2, 0) is 11.3 Å². The van der Waals surface area contributed by atoms with E-state index in [1.807, 2.05) is 37.3 Å². The van der Waals surface area contributed by atoms with Crippen LogP contribution >= 0.6 is 0 Å². The van der Waals surface area contributed by atoms with E-state index in [4.69, 9.17) is 14.2 Å². The van der Waals surface area contributed by atoms with Crippen LogP contribution in [0.3, 0.4) is 0 Å². The van der Waals surface area contributed by atoms with E-state index in [-0.39, 0.29) is 18.7 Å². The number of hydrogen-bond acceptors (Lipinski definition) is 6. The maximum absolute atomic E-state index is 12.5. The van der Waals surface area contributed by atoms with Gasteiger partial charge in [-0.15, -0.1) is 0 Å². The van der Waals surface area contributed by atoms with Crippen molar-refractivity contribution in [2.24, 2.45) is 0 Å². The molecule has 160 valence electrons. The van der Waals surface area contributed by atoms with Gasteiger partial charge < -0.3 is 19.5 Å². The quantitative estimate of drug-likeness (QED) is 0.755. The number of ether oxygens (including phenoxy) is 3. The van der Waals surface area contributed by atoms with Crippen LogP contribution in [0.15, 0.2) is 42.5 Å². The highest BCUT2D eigenvalue weighted by Crippen LogP contribution is 2.34. The number of methoxy groups -OCH3 is 1. The van der Waals surface area contributed by atoms with Crippen LogP contribution in [-0.4, -0.2) is 62.3 Å². The molecule has 1 atom stereocenters. The molecule has 1 fully saturated rings. The van der Waals surface area contributed by atoms with Gasteiger partial charge in [0.1, 0.15) is 5.75 Å². The van der Waals surface area contributed by atoms with Gasteiger partial charge in [0.05, 0.1) is 19.7 Å². The summed E-state index contributed by atoms with van der Waals surface area (Å²) in [6.45, 7) is 7.28. The molecule has 30 heavy (non-hydrogen) atoms. The number of piperazine rings is 1. The normalized spacial score (nSPS) is 17.5. The summed E-state index contributed by atoms with van der Waals surface area (Å²) in [6.07, 6.45) is 0. The summed E-state index contributed by atoms with van der Waals surface area (Å²) in [5.74, 6) is 2.42. The second-order valence-electron chi connectivity index (χ2n) is 7.80. The van der Waals surface area contributed by atoms with Crippen LogP contribution in [0.2, 0.25) is 0 Å². The zero-order chi connectivity index (χ0) is 20.9. The van der Waals surface area contributed by atoms with Crippen LogP contribution in [0.4, 0.5) is 0 Å². The largest absolute Gasteiger partial charge is 0.497 e. The molecule has 0 unspecified atom stereocenters. The molecule has 0 aromatic heterocycles. The molecule has 1 saturated heterocycles. The highest BCUT2D eigenvalue weighted by atomic mass is 16.7. The smallest absolute Gasteiger partial charge is 0.234 e. The van der Waals surface area contributed by atoms with Crippen molar-refractivity contribution in [2.45, 2.75) is 19.5 Å². The summed E-state index contributed by atoms with van der Waals surface area (Å²) in [5, 5.41) is 3.09. The van der Waals surface area contributed by atoms with Gasteiger partial charge in [-0.3, -0.25) is 14.6 Å². The van der Waals surface area contributed by atoms with Gasteiger partial charge in [0.25, 0.3) is 0 Å². The highest BCUT2D eigenvalue weighted by molar-refractivity contribution is 5.78. The van der Waals surface area contributed by atoms with Gasteiger partial charge in [0.2, 0.25) is 12.7 Å². The first-order valence-electron chi connectivity index (χ1n) is 10.4. The summed E-state index contributed by atoms with van der Waals surface area (Å²) < 4.78 is 16.0. The van der Waals surface area contributed by atoms with Gasteiger partial charge in [-0.1, -0.05) is 18.2 Å². The van der Waals surface area contributed by atoms with Gasteiger partial charge in [-0.2, -0.15) is 0 Å². The lowest BCUT2D eigenvalue weighted by molar-refractivity contribution is -0.123. The Balaban J connectivity index is 1.21. The topological polar surface area (TPSA) is 63.3 Å². The van der Waals surface area contributed by atoms with Crippen molar-refractivity contribution < 1.29 is 19.0 Å². The Bertz CT molecular complexity index is 863. The molecule has 7 nitrogen and oxygen atoms in total. The Hall–Kier alpha value is -2.77. The average molecular weight is 412 g/mol. The predicted molar refractivity (Wildman–Crippen MR) is 114 cm³/mol. The fourth-order valence-corrected chi connectivity index (χ4v) is 3.85. The zero-order valence-corrected chi connectivity index (χ0v) is 17.6. The lowest BCUT2D eigenvalue weighted by Crippen LogP contribution is -2.49. The van der Waals surface area contributed by atoms with E-state index in [2.05, 4.69) is 27.2 Å². The molecule has 0 saturated carbocycles. The molecule has 0 spiro atoms. The Morgan fingerprint density at radius 1 is 1.03 bits per heavy atom. The second kappa shape index (κ2) is 9.36. The summed E-state index contributed by atoms with van der Waals surface area (Å²) in [7, 11) is 1.68. The first-order chi connectivity index (χ1) is 14.6. The van der Waals surface area contributed by atoms with Crippen molar-refractivity contribution in [2.75, 3.05) is 46.6 Å². The van der Waals surface area contributed by atoms with Gasteiger partial charge in [0.15, 0.2) is 11.5 Å². The second-order valence-corrected chi connectivity index (χ2v) is 7.80. The summed E-state index contributed by atoms with van der Waals surface area (Å²) in [5.41, 5.74) is 2.29. The predicted octanol–water partition coefficient (Wildman–Crippen LogP) is 2.42. The summed E-state index contributed by atoms with van der Waals surface area (Å²) >= 11 is 0. The SMILES string of the molecule is COc1ccc(CN2CCN(CC(=O)N[C@H](C)c3ccc4c(c3)OCO4)CC2)cc1. The van der Waals surface area contributed by atoms with Gasteiger partial charge >= 0.3 is 0 Å². The number of rotatable bonds is 7. The van der Waals surface area contributed by atoms with Crippen molar-refractivity contribution in [3.05, 3.63) is 53.6 Å². The Labute approximate surface area is 177 Å². The van der Waals surface area contributed by atoms with Crippen molar-refractivity contribution in [1.82, 2.24) is 15.1 Å². The molecule has 2 aliphatic heterocycles. The first kappa shape index (κ1) is 20.5. The van der Waals surface area contributed by atoms with Crippen molar-refractivity contribution >= 4 is 5.91 Å². The summed E-state index contributed by atoms with van der Waals surface area (Å²) in [4.78, 5) is 17.2. The number of benzene rings is 2.